The molecule has 0 aliphatic carbocycles. The molecule has 22 heavy (non-hydrogen) atoms. The van der Waals surface area contributed by atoms with Gasteiger partial charge in [-0.2, -0.15) is 0 Å². The number of tetrazole rings is 1. The van der Waals surface area contributed by atoms with Crippen molar-refractivity contribution in [2.75, 3.05) is 6.61 Å². The summed E-state index contributed by atoms with van der Waals surface area (Å²) in [6, 6.07) is 2.11. The SMILES string of the molecule is Cc1cc2c(Sc3nnnn3CC3CCCO3)ncnc2s1. The Kier molecular flexibility index (Phi) is 3.77. The van der Waals surface area contributed by atoms with Gasteiger partial charge in [-0.05, 0) is 48.0 Å². The zero-order valence-electron chi connectivity index (χ0n) is 12.0. The Hall–Kier alpha value is -1.58. The standard InChI is InChI=1S/C13H14N6OS2/c1-8-5-10-11(21-8)14-7-15-12(10)22-13-16-17-18-19(13)6-9-3-2-4-20-9/h5,7,9H,2-4,6H2,1H3. The Morgan fingerprint density at radius 3 is 3.27 bits per heavy atom. The van der Waals surface area contributed by atoms with Crippen molar-refractivity contribution >= 4 is 33.3 Å². The molecule has 0 saturated carbocycles. The van der Waals surface area contributed by atoms with Crippen molar-refractivity contribution in [1.29, 1.82) is 0 Å². The Labute approximate surface area is 135 Å². The van der Waals surface area contributed by atoms with Gasteiger partial charge in [0.2, 0.25) is 5.16 Å². The molecule has 0 aromatic carbocycles. The first-order valence-corrected chi connectivity index (χ1v) is 8.69. The second-order valence-electron chi connectivity index (χ2n) is 5.14. The summed E-state index contributed by atoms with van der Waals surface area (Å²) in [7, 11) is 0. The fourth-order valence-corrected chi connectivity index (χ4v) is 4.23. The molecule has 3 aromatic rings. The van der Waals surface area contributed by atoms with Gasteiger partial charge < -0.3 is 4.74 Å². The summed E-state index contributed by atoms with van der Waals surface area (Å²) < 4.78 is 7.45. The molecule has 1 aliphatic heterocycles. The highest BCUT2D eigenvalue weighted by Gasteiger charge is 2.20. The zero-order chi connectivity index (χ0) is 14.9. The number of aromatic nitrogens is 6. The molecule has 1 fully saturated rings. The van der Waals surface area contributed by atoms with Crippen molar-refractivity contribution < 1.29 is 4.74 Å². The third-order valence-electron chi connectivity index (χ3n) is 3.50. The van der Waals surface area contributed by atoms with Crippen LogP contribution >= 0.6 is 23.1 Å². The Morgan fingerprint density at radius 2 is 2.41 bits per heavy atom. The first-order chi connectivity index (χ1) is 10.8. The summed E-state index contributed by atoms with van der Waals surface area (Å²) in [6.07, 6.45) is 3.97. The average molecular weight is 334 g/mol. The van der Waals surface area contributed by atoms with Crippen molar-refractivity contribution in [1.82, 2.24) is 30.2 Å². The van der Waals surface area contributed by atoms with E-state index in [4.69, 9.17) is 4.74 Å². The van der Waals surface area contributed by atoms with Crippen LogP contribution < -0.4 is 0 Å². The maximum atomic E-state index is 5.66. The first kappa shape index (κ1) is 14.0. The van der Waals surface area contributed by atoms with Gasteiger partial charge in [-0.3, -0.25) is 0 Å². The lowest BCUT2D eigenvalue weighted by Gasteiger charge is -2.09. The van der Waals surface area contributed by atoms with Gasteiger partial charge in [0, 0.05) is 16.9 Å². The average Bonchev–Trinajstić information content (AvgIpc) is 3.21. The van der Waals surface area contributed by atoms with Gasteiger partial charge in [0.05, 0.1) is 12.6 Å². The third-order valence-corrected chi connectivity index (χ3v) is 5.46. The number of ether oxygens (including phenoxy) is 1. The van der Waals surface area contributed by atoms with Crippen LogP contribution in [0.25, 0.3) is 10.2 Å². The molecular weight excluding hydrogens is 320 g/mol. The van der Waals surface area contributed by atoms with Gasteiger partial charge in [-0.1, -0.05) is 0 Å². The molecule has 0 N–H and O–H groups in total. The summed E-state index contributed by atoms with van der Waals surface area (Å²) in [5.74, 6) is 0. The van der Waals surface area contributed by atoms with Crippen molar-refractivity contribution in [2.24, 2.45) is 0 Å². The number of hydrogen-bond acceptors (Lipinski definition) is 8. The molecular formula is C13H14N6OS2. The van der Waals surface area contributed by atoms with Crippen molar-refractivity contribution in [3.63, 3.8) is 0 Å². The van der Waals surface area contributed by atoms with Crippen molar-refractivity contribution in [3.05, 3.63) is 17.3 Å². The largest absolute Gasteiger partial charge is 0.376 e. The summed E-state index contributed by atoms with van der Waals surface area (Å²) in [6.45, 7) is 3.59. The summed E-state index contributed by atoms with van der Waals surface area (Å²) >= 11 is 3.14. The van der Waals surface area contributed by atoms with E-state index < -0.39 is 0 Å². The Balaban J connectivity index is 1.61. The molecule has 3 aromatic heterocycles. The Bertz CT molecular complexity index is 795. The summed E-state index contributed by atoms with van der Waals surface area (Å²) in [5.41, 5.74) is 0. The molecule has 0 amide bonds. The minimum absolute atomic E-state index is 0.205. The highest BCUT2D eigenvalue weighted by atomic mass is 32.2. The number of fused-ring (bicyclic) bond motifs is 1. The van der Waals surface area contributed by atoms with Crippen LogP contribution in [-0.4, -0.2) is 42.9 Å². The normalized spacial score (nSPS) is 18.3. The second kappa shape index (κ2) is 5.90. The molecule has 0 spiro atoms. The van der Waals surface area contributed by atoms with Gasteiger partial charge in [-0.15, -0.1) is 16.4 Å². The van der Waals surface area contributed by atoms with Crippen LogP contribution in [0.4, 0.5) is 0 Å². The van der Waals surface area contributed by atoms with Gasteiger partial charge in [0.25, 0.3) is 0 Å². The van der Waals surface area contributed by atoms with Gasteiger partial charge >= 0.3 is 0 Å². The van der Waals surface area contributed by atoms with Crippen molar-refractivity contribution in [2.45, 2.75) is 42.6 Å². The van der Waals surface area contributed by atoms with Crippen LogP contribution in [0.1, 0.15) is 17.7 Å². The summed E-state index contributed by atoms with van der Waals surface area (Å²) in [4.78, 5) is 10.9. The minimum atomic E-state index is 0.205. The molecule has 1 atom stereocenters. The monoisotopic (exact) mass is 334 g/mol. The molecule has 1 aliphatic rings. The van der Waals surface area contributed by atoms with Crippen LogP contribution in [0, 0.1) is 6.92 Å². The van der Waals surface area contributed by atoms with E-state index >= 15 is 0 Å². The van der Waals surface area contributed by atoms with E-state index in [2.05, 4.69) is 38.5 Å². The topological polar surface area (TPSA) is 78.6 Å². The van der Waals surface area contributed by atoms with E-state index in [0.29, 0.717) is 6.54 Å². The number of rotatable bonds is 4. The van der Waals surface area contributed by atoms with Crippen LogP contribution in [-0.2, 0) is 11.3 Å². The van der Waals surface area contributed by atoms with E-state index in [1.54, 1.807) is 22.3 Å². The molecule has 1 saturated heterocycles. The van der Waals surface area contributed by atoms with Crippen LogP contribution in [0.5, 0.6) is 0 Å². The van der Waals surface area contributed by atoms with Gasteiger partial charge in [0.1, 0.15) is 16.2 Å². The van der Waals surface area contributed by atoms with Crippen LogP contribution in [0.15, 0.2) is 22.6 Å². The quantitative estimate of drug-likeness (QED) is 0.677. The maximum Gasteiger partial charge on any atom is 0.215 e. The maximum absolute atomic E-state index is 5.66. The third kappa shape index (κ3) is 2.71. The van der Waals surface area contributed by atoms with E-state index in [0.717, 1.165) is 39.8 Å². The number of thiophene rings is 1. The van der Waals surface area contributed by atoms with E-state index in [1.165, 1.54) is 16.6 Å². The second-order valence-corrected chi connectivity index (χ2v) is 7.33. The Morgan fingerprint density at radius 1 is 1.45 bits per heavy atom. The number of hydrogen-bond donors (Lipinski definition) is 0. The van der Waals surface area contributed by atoms with E-state index in [-0.39, 0.29) is 6.10 Å². The summed E-state index contributed by atoms with van der Waals surface area (Å²) in [5, 5.41) is 14.7. The highest BCUT2D eigenvalue weighted by Crippen LogP contribution is 2.33. The fraction of sp³-hybridized carbons (Fsp3) is 0.462. The van der Waals surface area contributed by atoms with Crippen molar-refractivity contribution in [3.8, 4) is 0 Å². The van der Waals surface area contributed by atoms with E-state index in [9.17, 15) is 0 Å². The fourth-order valence-electron chi connectivity index (χ4n) is 2.49. The number of aryl methyl sites for hydroxylation is 1. The van der Waals surface area contributed by atoms with Gasteiger partial charge in [0.15, 0.2) is 0 Å². The highest BCUT2D eigenvalue weighted by molar-refractivity contribution is 7.99. The lowest BCUT2D eigenvalue weighted by molar-refractivity contribution is 0.0912. The molecule has 7 nitrogen and oxygen atoms in total. The minimum Gasteiger partial charge on any atom is -0.376 e. The molecule has 114 valence electrons. The molecule has 0 bridgehead atoms. The smallest absolute Gasteiger partial charge is 0.215 e. The lowest BCUT2D eigenvalue weighted by atomic mass is 10.2. The molecule has 9 heteroatoms. The lowest BCUT2D eigenvalue weighted by Crippen LogP contribution is -2.16. The first-order valence-electron chi connectivity index (χ1n) is 7.06. The number of nitrogens with zero attached hydrogens (tertiary/aromatic N) is 6. The molecule has 4 rings (SSSR count). The van der Waals surface area contributed by atoms with Crippen LogP contribution in [0.3, 0.4) is 0 Å². The zero-order valence-corrected chi connectivity index (χ0v) is 13.6. The predicted octanol–water partition coefficient (Wildman–Crippen LogP) is 2.32. The van der Waals surface area contributed by atoms with Gasteiger partial charge in [-0.25, -0.2) is 14.6 Å². The molecule has 4 heterocycles. The predicted molar refractivity (Wildman–Crippen MR) is 83.1 cm³/mol. The molecule has 1 unspecified atom stereocenters. The molecule has 0 radical (unpaired) electrons. The van der Waals surface area contributed by atoms with E-state index in [1.807, 2.05) is 0 Å². The van der Waals surface area contributed by atoms with Crippen LogP contribution in [0.2, 0.25) is 0 Å².